The van der Waals surface area contributed by atoms with Gasteiger partial charge in [-0.05, 0) is 19.8 Å². The number of nitrogens with one attached hydrogen (secondary N) is 1. The van der Waals surface area contributed by atoms with Crippen molar-refractivity contribution in [2.75, 3.05) is 45.9 Å². The van der Waals surface area contributed by atoms with Gasteiger partial charge in [0.25, 0.3) is 0 Å². The maximum absolute atomic E-state index is 12.5. The molecule has 0 aliphatic carbocycles. The first-order chi connectivity index (χ1) is 10.1. The molecule has 0 bridgehead atoms. The molecule has 1 amide bonds. The summed E-state index contributed by atoms with van der Waals surface area (Å²) in [5, 5.41) is 11.9. The number of piperidine rings is 1. The number of likely N-dealkylation sites (tertiary alicyclic amines) is 1. The fourth-order valence-electron chi connectivity index (χ4n) is 2.92. The van der Waals surface area contributed by atoms with E-state index in [0.717, 1.165) is 26.2 Å². The molecule has 0 saturated carbocycles. The van der Waals surface area contributed by atoms with Crippen LogP contribution in [-0.2, 0) is 14.3 Å². The molecule has 2 rings (SSSR count). The molecule has 2 aliphatic rings. The predicted octanol–water partition coefficient (Wildman–Crippen LogP) is -0.628. The van der Waals surface area contributed by atoms with Gasteiger partial charge in [0.05, 0.1) is 12.1 Å². The molecule has 2 heterocycles. The molecule has 2 saturated heterocycles. The summed E-state index contributed by atoms with van der Waals surface area (Å²) >= 11 is 0. The molecular formula is C14H25N3O4. The van der Waals surface area contributed by atoms with E-state index < -0.39 is 5.97 Å². The number of ether oxygens (including phenoxy) is 1. The number of carboxylic acid groups (broad SMARTS) is 1. The normalized spacial score (nSPS) is 23.0. The van der Waals surface area contributed by atoms with E-state index in [1.807, 2.05) is 11.8 Å². The number of carbonyl (C=O) groups is 2. The zero-order chi connectivity index (χ0) is 15.2. The second kappa shape index (κ2) is 7.72. The smallest absolute Gasteiger partial charge is 0.329 e. The van der Waals surface area contributed by atoms with Gasteiger partial charge in [-0.25, -0.2) is 4.79 Å². The Labute approximate surface area is 125 Å². The second-order valence-corrected chi connectivity index (χ2v) is 5.69. The van der Waals surface area contributed by atoms with Gasteiger partial charge in [-0.1, -0.05) is 0 Å². The Morgan fingerprint density at radius 2 is 1.86 bits per heavy atom. The summed E-state index contributed by atoms with van der Waals surface area (Å²) in [6.45, 7) is 6.71. The Hall–Kier alpha value is -1.18. The van der Waals surface area contributed by atoms with Gasteiger partial charge >= 0.3 is 5.97 Å². The van der Waals surface area contributed by atoms with E-state index in [1.54, 1.807) is 0 Å². The molecule has 0 aromatic carbocycles. The molecule has 7 nitrogen and oxygen atoms in total. The van der Waals surface area contributed by atoms with Gasteiger partial charge < -0.3 is 20.1 Å². The monoisotopic (exact) mass is 299 g/mol. The standard InChI is InChI=1S/C14H25N3O4/c1-11(16-8-4-15-5-9-16)14(20)17-6-2-12(3-7-17)21-10-13(18)19/h11-12,15H,2-10H2,1H3,(H,18,19)/t11-/m0/s1. The van der Waals surface area contributed by atoms with Crippen LogP contribution in [0.2, 0.25) is 0 Å². The lowest BCUT2D eigenvalue weighted by atomic mass is 10.1. The summed E-state index contributed by atoms with van der Waals surface area (Å²) in [5.74, 6) is -0.769. The fraction of sp³-hybridized carbons (Fsp3) is 0.857. The average Bonchev–Trinajstić information content (AvgIpc) is 2.53. The summed E-state index contributed by atoms with van der Waals surface area (Å²) < 4.78 is 5.29. The molecule has 0 radical (unpaired) electrons. The van der Waals surface area contributed by atoms with E-state index in [2.05, 4.69) is 10.2 Å². The molecule has 0 spiro atoms. The van der Waals surface area contributed by atoms with E-state index in [1.165, 1.54) is 0 Å². The first kappa shape index (κ1) is 16.2. The Bertz CT molecular complexity index is 363. The van der Waals surface area contributed by atoms with Crippen LogP contribution in [-0.4, -0.2) is 84.8 Å². The maximum Gasteiger partial charge on any atom is 0.329 e. The Kier molecular flexibility index (Phi) is 5.96. The van der Waals surface area contributed by atoms with Crippen molar-refractivity contribution in [3.63, 3.8) is 0 Å². The van der Waals surface area contributed by atoms with Crippen LogP contribution in [0.15, 0.2) is 0 Å². The molecule has 21 heavy (non-hydrogen) atoms. The van der Waals surface area contributed by atoms with Crippen LogP contribution in [0.1, 0.15) is 19.8 Å². The lowest BCUT2D eigenvalue weighted by Crippen LogP contribution is -2.54. The molecule has 2 N–H and O–H groups in total. The summed E-state index contributed by atoms with van der Waals surface area (Å²) in [7, 11) is 0. The van der Waals surface area contributed by atoms with Crippen LogP contribution < -0.4 is 5.32 Å². The molecule has 0 unspecified atom stereocenters. The van der Waals surface area contributed by atoms with Crippen molar-refractivity contribution in [3.05, 3.63) is 0 Å². The van der Waals surface area contributed by atoms with Crippen molar-refractivity contribution >= 4 is 11.9 Å². The molecule has 0 aromatic rings. The minimum atomic E-state index is -0.944. The lowest BCUT2D eigenvalue weighted by Gasteiger charge is -2.37. The van der Waals surface area contributed by atoms with Gasteiger partial charge in [-0.3, -0.25) is 9.69 Å². The molecule has 0 aromatic heterocycles. The van der Waals surface area contributed by atoms with Crippen LogP contribution in [0.3, 0.4) is 0 Å². The first-order valence-corrected chi connectivity index (χ1v) is 7.65. The number of carbonyl (C=O) groups excluding carboxylic acids is 1. The van der Waals surface area contributed by atoms with Crippen molar-refractivity contribution in [2.45, 2.75) is 31.9 Å². The van der Waals surface area contributed by atoms with Gasteiger partial charge in [0.1, 0.15) is 6.61 Å². The Balaban J connectivity index is 1.75. The largest absolute Gasteiger partial charge is 0.480 e. The summed E-state index contributed by atoms with van der Waals surface area (Å²) in [6.07, 6.45) is 1.39. The number of rotatable bonds is 5. The molecule has 2 fully saturated rings. The van der Waals surface area contributed by atoms with Crippen molar-refractivity contribution in [3.8, 4) is 0 Å². The summed E-state index contributed by atoms with van der Waals surface area (Å²) in [5.41, 5.74) is 0. The van der Waals surface area contributed by atoms with Crippen LogP contribution in [0.5, 0.6) is 0 Å². The van der Waals surface area contributed by atoms with Crippen LogP contribution in [0.25, 0.3) is 0 Å². The molecule has 120 valence electrons. The third-order valence-corrected chi connectivity index (χ3v) is 4.25. The van der Waals surface area contributed by atoms with Gasteiger partial charge in [-0.15, -0.1) is 0 Å². The number of piperazine rings is 1. The van der Waals surface area contributed by atoms with Gasteiger partial charge in [0, 0.05) is 39.3 Å². The quantitative estimate of drug-likeness (QED) is 0.703. The third kappa shape index (κ3) is 4.66. The average molecular weight is 299 g/mol. The van der Waals surface area contributed by atoms with Crippen molar-refractivity contribution in [1.82, 2.24) is 15.1 Å². The lowest BCUT2D eigenvalue weighted by molar-refractivity contribution is -0.147. The highest BCUT2D eigenvalue weighted by atomic mass is 16.5. The number of aliphatic carboxylic acids is 1. The highest BCUT2D eigenvalue weighted by Crippen LogP contribution is 2.16. The van der Waals surface area contributed by atoms with Crippen LogP contribution in [0.4, 0.5) is 0 Å². The maximum atomic E-state index is 12.5. The topological polar surface area (TPSA) is 82.1 Å². The van der Waals surface area contributed by atoms with E-state index in [4.69, 9.17) is 9.84 Å². The number of hydrogen-bond acceptors (Lipinski definition) is 5. The number of amides is 1. The zero-order valence-corrected chi connectivity index (χ0v) is 12.6. The fourth-order valence-corrected chi connectivity index (χ4v) is 2.92. The van der Waals surface area contributed by atoms with E-state index in [0.29, 0.717) is 25.9 Å². The predicted molar refractivity (Wildman–Crippen MR) is 77.1 cm³/mol. The minimum Gasteiger partial charge on any atom is -0.480 e. The third-order valence-electron chi connectivity index (χ3n) is 4.25. The summed E-state index contributed by atoms with van der Waals surface area (Å²) in [6, 6.07) is -0.0800. The Morgan fingerprint density at radius 1 is 1.24 bits per heavy atom. The van der Waals surface area contributed by atoms with Gasteiger partial charge in [-0.2, -0.15) is 0 Å². The molecule has 7 heteroatoms. The van der Waals surface area contributed by atoms with Gasteiger partial charge in [0.15, 0.2) is 0 Å². The number of carboxylic acids is 1. The molecule has 2 aliphatic heterocycles. The van der Waals surface area contributed by atoms with Crippen molar-refractivity contribution < 1.29 is 19.4 Å². The Morgan fingerprint density at radius 3 is 2.43 bits per heavy atom. The van der Waals surface area contributed by atoms with Gasteiger partial charge in [0.2, 0.25) is 5.91 Å². The highest BCUT2D eigenvalue weighted by Gasteiger charge is 2.30. The van der Waals surface area contributed by atoms with E-state index in [-0.39, 0.29) is 24.7 Å². The van der Waals surface area contributed by atoms with E-state index >= 15 is 0 Å². The minimum absolute atomic E-state index is 0.0420. The second-order valence-electron chi connectivity index (χ2n) is 5.69. The zero-order valence-electron chi connectivity index (χ0n) is 12.6. The number of nitrogens with zero attached hydrogens (tertiary/aromatic N) is 2. The first-order valence-electron chi connectivity index (χ1n) is 7.65. The summed E-state index contributed by atoms with van der Waals surface area (Å²) in [4.78, 5) is 27.1. The number of hydrogen-bond donors (Lipinski definition) is 2. The van der Waals surface area contributed by atoms with E-state index in [9.17, 15) is 9.59 Å². The van der Waals surface area contributed by atoms with Crippen LogP contribution in [0, 0.1) is 0 Å². The highest BCUT2D eigenvalue weighted by molar-refractivity contribution is 5.81. The van der Waals surface area contributed by atoms with Crippen molar-refractivity contribution in [1.29, 1.82) is 0 Å². The van der Waals surface area contributed by atoms with Crippen LogP contribution >= 0.6 is 0 Å². The van der Waals surface area contributed by atoms with Crippen molar-refractivity contribution in [2.24, 2.45) is 0 Å². The molecule has 1 atom stereocenters. The molecular weight excluding hydrogens is 274 g/mol. The SMILES string of the molecule is C[C@@H](C(=O)N1CCC(OCC(=O)O)CC1)N1CCNCC1.